The number of sulfonamides is 1. The van der Waals surface area contributed by atoms with E-state index in [0.717, 1.165) is 11.3 Å². The highest BCUT2D eigenvalue weighted by atomic mass is 35.5. The fourth-order valence-corrected chi connectivity index (χ4v) is 6.41. The summed E-state index contributed by atoms with van der Waals surface area (Å²) < 4.78 is 28.9. The number of hydrogen-bond acceptors (Lipinski definition) is 6. The number of carbonyl (C=O) groups is 1. The summed E-state index contributed by atoms with van der Waals surface area (Å²) in [6.45, 7) is 0.266. The Kier molecular flexibility index (Phi) is 7.75. The largest absolute Gasteiger partial charge is 0.288 e. The molecule has 5 rings (SSSR count). The van der Waals surface area contributed by atoms with Gasteiger partial charge in [-0.3, -0.25) is 9.69 Å². The molecule has 1 aliphatic rings. The molecule has 0 unspecified atom stereocenters. The molecule has 0 aliphatic carbocycles. The van der Waals surface area contributed by atoms with Crippen LogP contribution in [-0.2, 0) is 21.4 Å². The van der Waals surface area contributed by atoms with E-state index in [-0.39, 0.29) is 17.3 Å². The van der Waals surface area contributed by atoms with Crippen LogP contribution in [0.25, 0.3) is 23.0 Å². The molecular weight excluding hydrogens is 572 g/mol. The molecule has 1 amide bonds. The zero-order valence-corrected chi connectivity index (χ0v) is 24.2. The Morgan fingerprint density at radius 1 is 1.03 bits per heavy atom. The van der Waals surface area contributed by atoms with Gasteiger partial charge in [-0.25, -0.2) is 17.4 Å². The first kappa shape index (κ1) is 27.3. The Morgan fingerprint density at radius 3 is 2.46 bits per heavy atom. The van der Waals surface area contributed by atoms with Crippen molar-refractivity contribution in [1.29, 1.82) is 0 Å². The molecule has 39 heavy (non-hydrogen) atoms. The average molecular weight is 595 g/mol. The molecule has 0 atom stereocenters. The fraction of sp³-hybridized carbons (Fsp3) is 0.107. The van der Waals surface area contributed by atoms with Gasteiger partial charge in [-0.15, -0.1) is 0 Å². The molecule has 1 fully saturated rings. The van der Waals surface area contributed by atoms with E-state index in [9.17, 15) is 13.2 Å². The van der Waals surface area contributed by atoms with E-state index in [4.69, 9.17) is 28.9 Å². The van der Waals surface area contributed by atoms with Crippen molar-refractivity contribution in [1.82, 2.24) is 19.0 Å². The number of thioether (sulfide) groups is 1. The fourth-order valence-electron chi connectivity index (χ4n) is 4.02. The Morgan fingerprint density at radius 2 is 1.74 bits per heavy atom. The third kappa shape index (κ3) is 5.57. The summed E-state index contributed by atoms with van der Waals surface area (Å²) in [5.41, 5.74) is 3.41. The molecule has 1 aromatic heterocycles. The number of aromatic nitrogens is 2. The van der Waals surface area contributed by atoms with Gasteiger partial charge in [0.1, 0.15) is 10.0 Å². The summed E-state index contributed by atoms with van der Waals surface area (Å²) in [6, 6.07) is 23.5. The van der Waals surface area contributed by atoms with Crippen LogP contribution < -0.4 is 0 Å². The highest BCUT2D eigenvalue weighted by Gasteiger charge is 2.33. The van der Waals surface area contributed by atoms with Crippen LogP contribution in [-0.4, -0.2) is 51.7 Å². The smallest absolute Gasteiger partial charge is 0.266 e. The molecule has 0 saturated carbocycles. The molecule has 0 bridgehead atoms. The number of rotatable bonds is 7. The first-order valence-corrected chi connectivity index (χ1v) is 14.9. The van der Waals surface area contributed by atoms with Gasteiger partial charge >= 0.3 is 0 Å². The molecular formula is C28H23ClN4O3S3. The third-order valence-corrected chi connectivity index (χ3v) is 9.65. The normalized spacial score (nSPS) is 15.1. The van der Waals surface area contributed by atoms with Crippen LogP contribution in [0.2, 0.25) is 5.02 Å². The molecule has 11 heteroatoms. The van der Waals surface area contributed by atoms with Crippen molar-refractivity contribution < 1.29 is 13.2 Å². The predicted octanol–water partition coefficient (Wildman–Crippen LogP) is 5.84. The molecule has 2 heterocycles. The van der Waals surface area contributed by atoms with E-state index in [1.54, 1.807) is 41.1 Å². The van der Waals surface area contributed by atoms with Gasteiger partial charge in [0.05, 0.1) is 22.0 Å². The lowest BCUT2D eigenvalue weighted by molar-refractivity contribution is -0.122. The molecule has 3 aromatic carbocycles. The number of benzene rings is 3. The number of amides is 1. The number of carbonyl (C=O) groups excluding carboxylic acids is 1. The molecule has 1 saturated heterocycles. The van der Waals surface area contributed by atoms with Crippen molar-refractivity contribution >= 4 is 61.9 Å². The second-order valence-electron chi connectivity index (χ2n) is 8.89. The minimum Gasteiger partial charge on any atom is -0.288 e. The van der Waals surface area contributed by atoms with E-state index in [2.05, 4.69) is 0 Å². The maximum Gasteiger partial charge on any atom is 0.266 e. The second kappa shape index (κ2) is 11.1. The highest BCUT2D eigenvalue weighted by Crippen LogP contribution is 2.36. The van der Waals surface area contributed by atoms with Crippen LogP contribution >= 0.6 is 35.6 Å². The van der Waals surface area contributed by atoms with E-state index in [0.29, 0.717) is 31.1 Å². The number of thiocarbonyl (C=S) groups is 1. The zero-order chi connectivity index (χ0) is 27.7. The van der Waals surface area contributed by atoms with Gasteiger partial charge < -0.3 is 0 Å². The van der Waals surface area contributed by atoms with Crippen molar-refractivity contribution in [2.24, 2.45) is 0 Å². The highest BCUT2D eigenvalue weighted by molar-refractivity contribution is 8.26. The van der Waals surface area contributed by atoms with E-state index in [1.165, 1.54) is 35.1 Å². The lowest BCUT2D eigenvalue weighted by atomic mass is 10.1. The van der Waals surface area contributed by atoms with E-state index in [1.807, 2.05) is 54.7 Å². The van der Waals surface area contributed by atoms with Crippen molar-refractivity contribution in [3.05, 3.63) is 106 Å². The van der Waals surface area contributed by atoms with Crippen LogP contribution in [0.1, 0.15) is 11.1 Å². The van der Waals surface area contributed by atoms with Crippen LogP contribution in [0, 0.1) is 0 Å². The molecule has 0 radical (unpaired) electrons. The lowest BCUT2D eigenvalue weighted by Crippen LogP contribution is -2.27. The summed E-state index contributed by atoms with van der Waals surface area (Å²) in [6.07, 6.45) is 3.57. The Labute approximate surface area is 241 Å². The molecule has 0 spiro atoms. The van der Waals surface area contributed by atoms with Crippen molar-refractivity contribution in [3.8, 4) is 16.9 Å². The summed E-state index contributed by atoms with van der Waals surface area (Å²) >= 11 is 13.1. The SMILES string of the molecule is CN(C)S(=O)(=O)c1cccc(-c2nn(-c3ccccc3)cc2/C=C2\SC(=S)N(Cc3ccccc3Cl)C2=O)c1. The predicted molar refractivity (Wildman–Crippen MR) is 160 cm³/mol. The number of nitrogens with zero attached hydrogens (tertiary/aromatic N) is 4. The molecule has 198 valence electrons. The summed E-state index contributed by atoms with van der Waals surface area (Å²) in [7, 11) is -0.678. The molecule has 1 aliphatic heterocycles. The molecule has 7 nitrogen and oxygen atoms in total. The number of hydrogen-bond donors (Lipinski definition) is 0. The van der Waals surface area contributed by atoms with Gasteiger partial charge in [0.2, 0.25) is 10.0 Å². The van der Waals surface area contributed by atoms with Gasteiger partial charge in [0, 0.05) is 36.4 Å². The van der Waals surface area contributed by atoms with Crippen LogP contribution in [0.15, 0.2) is 94.9 Å². The van der Waals surface area contributed by atoms with Crippen LogP contribution in [0.4, 0.5) is 0 Å². The van der Waals surface area contributed by atoms with Gasteiger partial charge in [0.15, 0.2) is 0 Å². The van der Waals surface area contributed by atoms with Crippen LogP contribution in [0.5, 0.6) is 0 Å². The van der Waals surface area contributed by atoms with Crippen molar-refractivity contribution in [3.63, 3.8) is 0 Å². The van der Waals surface area contributed by atoms with Gasteiger partial charge in [-0.1, -0.05) is 84.1 Å². The Hall–Kier alpha value is -3.28. The topological polar surface area (TPSA) is 75.5 Å². The van der Waals surface area contributed by atoms with E-state index >= 15 is 0 Å². The van der Waals surface area contributed by atoms with Gasteiger partial charge in [-0.05, 0) is 42.0 Å². The second-order valence-corrected chi connectivity index (χ2v) is 13.1. The average Bonchev–Trinajstić information content (AvgIpc) is 3.47. The Balaban J connectivity index is 1.57. The first-order chi connectivity index (χ1) is 18.6. The molecule has 4 aromatic rings. The summed E-state index contributed by atoms with van der Waals surface area (Å²) in [4.78, 5) is 15.5. The first-order valence-electron chi connectivity index (χ1n) is 11.8. The monoisotopic (exact) mass is 594 g/mol. The van der Waals surface area contributed by atoms with E-state index < -0.39 is 10.0 Å². The lowest BCUT2D eigenvalue weighted by Gasteiger charge is -2.15. The summed E-state index contributed by atoms with van der Waals surface area (Å²) in [5.74, 6) is -0.229. The Bertz CT molecular complexity index is 1720. The maximum absolute atomic E-state index is 13.4. The quantitative estimate of drug-likeness (QED) is 0.198. The number of para-hydroxylation sites is 1. The summed E-state index contributed by atoms with van der Waals surface area (Å²) in [5, 5.41) is 5.35. The van der Waals surface area contributed by atoms with Crippen molar-refractivity contribution in [2.45, 2.75) is 11.4 Å². The maximum atomic E-state index is 13.4. The number of halogens is 1. The third-order valence-electron chi connectivity index (χ3n) is 6.10. The van der Waals surface area contributed by atoms with Crippen LogP contribution in [0.3, 0.4) is 0 Å². The van der Waals surface area contributed by atoms with Gasteiger partial charge in [0.25, 0.3) is 5.91 Å². The minimum absolute atomic E-state index is 0.149. The zero-order valence-electron chi connectivity index (χ0n) is 21.0. The standard InChI is InChI=1S/C28H23ClN4O3S3/c1-31(2)39(35,36)23-13-8-10-19(15-23)26-21(18-33(30-26)22-11-4-3-5-12-22)16-25-27(34)32(28(37)38-25)17-20-9-6-7-14-24(20)29/h3-16,18H,17H2,1-2H3/b25-16-. The van der Waals surface area contributed by atoms with Crippen molar-refractivity contribution in [2.75, 3.05) is 14.1 Å². The molecule has 0 N–H and O–H groups in total. The minimum atomic E-state index is -3.65. The van der Waals surface area contributed by atoms with Gasteiger partial charge in [-0.2, -0.15) is 5.10 Å².